The summed E-state index contributed by atoms with van der Waals surface area (Å²) < 4.78 is 0. The van der Waals surface area contributed by atoms with Crippen molar-refractivity contribution in [3.05, 3.63) is 12.2 Å². The van der Waals surface area contributed by atoms with Crippen LogP contribution in [-0.4, -0.2) is 11.1 Å². The number of Topliss-reactive ketones (excluding diaryl/α,β-unsaturated/α-hetero) is 1. The van der Waals surface area contributed by atoms with Gasteiger partial charge in [-0.15, -0.1) is 0 Å². The molecule has 0 fully saturated rings. The molecule has 0 spiro atoms. The van der Waals surface area contributed by atoms with E-state index >= 15 is 0 Å². The van der Waals surface area contributed by atoms with E-state index in [4.69, 9.17) is 0 Å². The summed E-state index contributed by atoms with van der Waals surface area (Å²) in [5, 5.41) is 0.513. The van der Waals surface area contributed by atoms with Gasteiger partial charge < -0.3 is 0 Å². The predicted molar refractivity (Wildman–Crippen MR) is 40.7 cm³/mol. The van der Waals surface area contributed by atoms with Crippen molar-refractivity contribution in [3.63, 3.8) is 0 Å². The Morgan fingerprint density at radius 1 is 1.56 bits per heavy atom. The molecule has 0 N–H and O–H groups in total. The molecule has 0 aromatic carbocycles. The first-order valence-corrected chi connectivity index (χ1v) is 4.20. The molecule has 0 bridgehead atoms. The topological polar surface area (TPSA) is 17.1 Å². The maximum atomic E-state index is 10.9. The molecule has 0 saturated heterocycles. The van der Waals surface area contributed by atoms with Crippen LogP contribution in [0.4, 0.5) is 0 Å². The lowest BCUT2D eigenvalue weighted by Crippen LogP contribution is -2.11. The van der Waals surface area contributed by atoms with Crippen molar-refractivity contribution >= 4 is 21.7 Å². The summed E-state index contributed by atoms with van der Waals surface area (Å²) in [5.74, 6) is 0.615. The second-order valence-corrected chi connectivity index (χ2v) is 2.80. The molecule has 0 aromatic heterocycles. The summed E-state index contributed by atoms with van der Waals surface area (Å²) in [5.41, 5.74) is 0. The smallest absolute Gasteiger partial charge is 0.147 e. The molecule has 0 aromatic rings. The van der Waals surface area contributed by atoms with Crippen molar-refractivity contribution in [2.24, 2.45) is 5.92 Å². The Morgan fingerprint density at radius 2 is 2.11 bits per heavy atom. The quantitative estimate of drug-likeness (QED) is 0.479. The van der Waals surface area contributed by atoms with Gasteiger partial charge in [0.05, 0.1) is 5.33 Å². The van der Waals surface area contributed by atoms with Gasteiger partial charge in [-0.3, -0.25) is 4.79 Å². The molecule has 9 heavy (non-hydrogen) atoms. The van der Waals surface area contributed by atoms with Gasteiger partial charge in [-0.25, -0.2) is 0 Å². The highest BCUT2D eigenvalue weighted by Crippen LogP contribution is 2.18. The Kier molecular flexibility index (Phi) is 2.46. The maximum Gasteiger partial charge on any atom is 0.147 e. The van der Waals surface area contributed by atoms with Gasteiger partial charge in [0, 0.05) is 5.92 Å². The normalized spacial score (nSPS) is 18.8. The van der Waals surface area contributed by atoms with Crippen LogP contribution in [0, 0.1) is 5.92 Å². The number of rotatable bonds is 2. The van der Waals surface area contributed by atoms with Crippen molar-refractivity contribution in [3.8, 4) is 0 Å². The van der Waals surface area contributed by atoms with Crippen molar-refractivity contribution < 1.29 is 4.79 Å². The number of halogens is 1. The van der Waals surface area contributed by atoms with Gasteiger partial charge >= 0.3 is 0 Å². The van der Waals surface area contributed by atoms with E-state index in [1.165, 1.54) is 0 Å². The lowest BCUT2D eigenvalue weighted by Gasteiger charge is -2.02. The number of hydrogen-bond acceptors (Lipinski definition) is 1. The highest BCUT2D eigenvalue weighted by atomic mass is 79.9. The van der Waals surface area contributed by atoms with Gasteiger partial charge in [0.15, 0.2) is 0 Å². The zero-order chi connectivity index (χ0) is 6.69. The van der Waals surface area contributed by atoms with Crippen LogP contribution in [0.2, 0.25) is 0 Å². The third-order valence-electron chi connectivity index (χ3n) is 1.59. The first-order chi connectivity index (χ1) is 4.34. The van der Waals surface area contributed by atoms with Crippen molar-refractivity contribution in [2.75, 3.05) is 5.33 Å². The van der Waals surface area contributed by atoms with Gasteiger partial charge in [0.1, 0.15) is 5.78 Å². The standard InChI is InChI=1S/C7H9BrO/c8-5-7(9)6-3-1-2-4-6/h1-2,6H,3-5H2. The van der Waals surface area contributed by atoms with Crippen LogP contribution in [0.1, 0.15) is 12.8 Å². The predicted octanol–water partition coefficient (Wildman–Crippen LogP) is 1.92. The first-order valence-electron chi connectivity index (χ1n) is 3.08. The molecule has 1 aliphatic carbocycles. The fourth-order valence-electron chi connectivity index (χ4n) is 0.989. The molecule has 2 heteroatoms. The molecule has 1 rings (SSSR count). The largest absolute Gasteiger partial charge is 0.298 e. The zero-order valence-electron chi connectivity index (χ0n) is 5.14. The van der Waals surface area contributed by atoms with Crippen LogP contribution in [0.5, 0.6) is 0 Å². The molecule has 0 atom stereocenters. The molecule has 0 aliphatic heterocycles. The average Bonchev–Trinajstić information content (AvgIpc) is 2.37. The summed E-state index contributed by atoms with van der Waals surface area (Å²) in [6.07, 6.45) is 6.05. The van der Waals surface area contributed by atoms with E-state index in [2.05, 4.69) is 28.1 Å². The highest BCUT2D eigenvalue weighted by Gasteiger charge is 2.16. The van der Waals surface area contributed by atoms with Gasteiger partial charge in [-0.2, -0.15) is 0 Å². The molecule has 50 valence electrons. The summed E-state index contributed by atoms with van der Waals surface area (Å²) in [6.45, 7) is 0. The van der Waals surface area contributed by atoms with Gasteiger partial charge in [0.25, 0.3) is 0 Å². The molecule has 1 aliphatic rings. The minimum Gasteiger partial charge on any atom is -0.298 e. The summed E-state index contributed by atoms with van der Waals surface area (Å²) >= 11 is 3.15. The van der Waals surface area contributed by atoms with E-state index < -0.39 is 0 Å². The maximum absolute atomic E-state index is 10.9. The van der Waals surface area contributed by atoms with Crippen LogP contribution in [0.3, 0.4) is 0 Å². The van der Waals surface area contributed by atoms with E-state index in [1.807, 2.05) is 0 Å². The van der Waals surface area contributed by atoms with Crippen molar-refractivity contribution in [1.29, 1.82) is 0 Å². The van der Waals surface area contributed by atoms with Crippen LogP contribution in [0.25, 0.3) is 0 Å². The minimum absolute atomic E-state index is 0.282. The Balaban J connectivity index is 2.36. The second-order valence-electron chi connectivity index (χ2n) is 2.24. The van der Waals surface area contributed by atoms with Gasteiger partial charge in [0.2, 0.25) is 0 Å². The molecule has 0 amide bonds. The minimum atomic E-state index is 0.282. The Labute approximate surface area is 63.3 Å². The molecular weight excluding hydrogens is 180 g/mol. The third kappa shape index (κ3) is 1.65. The molecule has 0 heterocycles. The Hall–Kier alpha value is -0.110. The molecule has 1 nitrogen and oxygen atoms in total. The van der Waals surface area contributed by atoms with E-state index in [1.54, 1.807) is 0 Å². The van der Waals surface area contributed by atoms with Gasteiger partial charge in [-0.05, 0) is 12.8 Å². The van der Waals surface area contributed by atoms with Crippen LogP contribution >= 0.6 is 15.9 Å². The Bertz CT molecular complexity index is 132. The first kappa shape index (κ1) is 7.00. The molecule has 0 saturated carbocycles. The summed E-state index contributed by atoms with van der Waals surface area (Å²) in [4.78, 5) is 10.9. The highest BCUT2D eigenvalue weighted by molar-refractivity contribution is 9.09. The van der Waals surface area contributed by atoms with Gasteiger partial charge in [-0.1, -0.05) is 28.1 Å². The number of carbonyl (C=O) groups is 1. The molecule has 0 unspecified atom stereocenters. The SMILES string of the molecule is O=C(CBr)C1CC=CC1. The van der Waals surface area contributed by atoms with E-state index in [0.29, 0.717) is 11.1 Å². The number of hydrogen-bond donors (Lipinski definition) is 0. The van der Waals surface area contributed by atoms with Crippen LogP contribution in [0.15, 0.2) is 12.2 Å². The Morgan fingerprint density at radius 3 is 2.56 bits per heavy atom. The number of ketones is 1. The zero-order valence-corrected chi connectivity index (χ0v) is 6.73. The van der Waals surface area contributed by atoms with Crippen molar-refractivity contribution in [1.82, 2.24) is 0 Å². The lowest BCUT2D eigenvalue weighted by atomic mass is 10.0. The van der Waals surface area contributed by atoms with Crippen LogP contribution in [-0.2, 0) is 4.79 Å². The third-order valence-corrected chi connectivity index (χ3v) is 2.15. The molecule has 0 radical (unpaired) electrons. The number of allylic oxidation sites excluding steroid dienone is 2. The van der Waals surface area contributed by atoms with E-state index in [-0.39, 0.29) is 5.92 Å². The fourth-order valence-corrected chi connectivity index (χ4v) is 1.45. The lowest BCUT2D eigenvalue weighted by molar-refractivity contribution is -0.119. The molecular formula is C7H9BrO. The van der Waals surface area contributed by atoms with Crippen LogP contribution < -0.4 is 0 Å². The second kappa shape index (κ2) is 3.16. The number of carbonyl (C=O) groups excluding carboxylic acids is 1. The van der Waals surface area contributed by atoms with E-state index in [9.17, 15) is 4.79 Å². The number of alkyl halides is 1. The summed E-state index contributed by atoms with van der Waals surface area (Å²) in [7, 11) is 0. The van der Waals surface area contributed by atoms with Crippen molar-refractivity contribution in [2.45, 2.75) is 12.8 Å². The summed E-state index contributed by atoms with van der Waals surface area (Å²) in [6, 6.07) is 0. The van der Waals surface area contributed by atoms with E-state index in [0.717, 1.165) is 12.8 Å². The monoisotopic (exact) mass is 188 g/mol. The average molecular weight is 189 g/mol. The fraction of sp³-hybridized carbons (Fsp3) is 0.571.